The van der Waals surface area contributed by atoms with Crippen molar-refractivity contribution in [2.75, 3.05) is 0 Å². The molecule has 0 amide bonds. The van der Waals surface area contributed by atoms with E-state index in [4.69, 9.17) is 27.1 Å². The van der Waals surface area contributed by atoms with Crippen molar-refractivity contribution in [2.24, 2.45) is 0 Å². The minimum Gasteiger partial charge on any atom is -0.386 e. The van der Waals surface area contributed by atoms with Gasteiger partial charge >= 0.3 is 15.6 Å². The van der Waals surface area contributed by atoms with E-state index in [0.717, 1.165) is 33.4 Å². The van der Waals surface area contributed by atoms with Crippen molar-refractivity contribution < 1.29 is 36.3 Å². The van der Waals surface area contributed by atoms with Gasteiger partial charge in [0.1, 0.15) is 34.5 Å². The molecule has 0 bridgehead atoms. The second-order valence-corrected chi connectivity index (χ2v) is 14.9. The number of phosphoric acid groups is 2. The van der Waals surface area contributed by atoms with E-state index in [1.54, 1.807) is 91.0 Å². The van der Waals surface area contributed by atoms with E-state index in [0.29, 0.717) is 34.5 Å². The van der Waals surface area contributed by atoms with E-state index in [1.807, 2.05) is 96.1 Å². The molecule has 0 aliphatic heterocycles. The van der Waals surface area contributed by atoms with Crippen molar-refractivity contribution in [3.8, 4) is 34.5 Å². The summed E-state index contributed by atoms with van der Waals surface area (Å²) >= 11 is 0. The number of rotatable bonds is 12. The topological polar surface area (TPSA) is 89.5 Å². The van der Waals surface area contributed by atoms with Gasteiger partial charge in [0, 0.05) is 0 Å². The summed E-state index contributed by atoms with van der Waals surface area (Å²) in [5.74, 6) is 2.64. The second kappa shape index (κ2) is 17.2. The molecule has 0 saturated carbocycles. The van der Waals surface area contributed by atoms with Crippen molar-refractivity contribution >= 4 is 15.6 Å². The van der Waals surface area contributed by atoms with Gasteiger partial charge in [0.25, 0.3) is 0 Å². The van der Waals surface area contributed by atoms with Crippen LogP contribution in [0.5, 0.6) is 34.5 Å². The average Bonchev–Trinajstić information content (AvgIpc) is 3.12. The predicted octanol–water partition coefficient (Wildman–Crippen LogP) is 12.5. The Morgan fingerprint density at radius 2 is 0.558 bits per heavy atom. The van der Waals surface area contributed by atoms with Gasteiger partial charge in [-0.2, -0.15) is 9.13 Å². The lowest BCUT2D eigenvalue weighted by atomic mass is 10.1. The molecule has 6 rings (SSSR count). The Hall–Kier alpha value is -5.42. The van der Waals surface area contributed by atoms with Crippen molar-refractivity contribution in [2.45, 2.75) is 41.5 Å². The normalized spacial score (nSPS) is 11.0. The number of phosphoric ester groups is 2. The zero-order valence-corrected chi connectivity index (χ0v) is 31.8. The summed E-state index contributed by atoms with van der Waals surface area (Å²) in [5, 5.41) is 0. The molecule has 0 saturated heterocycles. The fourth-order valence-electron chi connectivity index (χ4n) is 4.77. The third-order valence-corrected chi connectivity index (χ3v) is 10.7. The Morgan fingerprint density at radius 1 is 0.308 bits per heavy atom. The molecule has 0 radical (unpaired) electrons. The zero-order chi connectivity index (χ0) is 37.1. The summed E-state index contributed by atoms with van der Waals surface area (Å²) in [7, 11) is -7.91. The molecule has 52 heavy (non-hydrogen) atoms. The SMILES string of the molecule is Cc1cccc(OP(=O)(Oc2cccc(C)c2C)Oc2cccc(C)c2C)c1C.O=P(Oc1ccccc1)(Oc1ccccc1)Oc1ccccc1. The molecule has 0 aliphatic rings. The standard InChI is InChI=1S/C24H27O4P.C18H15O4P/c1-16-10-7-13-22(19(16)4)26-29(25,27-23-14-8-11-17(2)20(23)5)28-24-15-9-12-18(3)21(24)6;19-23(20-16-10-4-1-5-11-16,21-17-12-6-2-7-13-17)22-18-14-8-3-9-15-18/h7-15H,1-6H3;1-15H. The van der Waals surface area contributed by atoms with Crippen molar-refractivity contribution in [1.29, 1.82) is 0 Å². The van der Waals surface area contributed by atoms with Gasteiger partial charge in [0.2, 0.25) is 0 Å². The third kappa shape index (κ3) is 10.3. The Bertz CT molecular complexity index is 1930. The lowest BCUT2D eigenvalue weighted by Gasteiger charge is -2.23. The zero-order valence-electron chi connectivity index (χ0n) is 30.0. The van der Waals surface area contributed by atoms with Crippen LogP contribution in [0, 0.1) is 41.5 Å². The van der Waals surface area contributed by atoms with Crippen LogP contribution in [-0.2, 0) is 9.13 Å². The number of hydrogen-bond acceptors (Lipinski definition) is 8. The van der Waals surface area contributed by atoms with Crippen LogP contribution in [0.3, 0.4) is 0 Å². The highest BCUT2D eigenvalue weighted by atomic mass is 31.2. The molecular formula is C42H42O8P2. The first-order valence-corrected chi connectivity index (χ1v) is 19.6. The molecule has 6 aromatic carbocycles. The van der Waals surface area contributed by atoms with Gasteiger partial charge in [-0.05, 0) is 130 Å². The van der Waals surface area contributed by atoms with Crippen LogP contribution < -0.4 is 27.1 Å². The van der Waals surface area contributed by atoms with E-state index in [2.05, 4.69) is 0 Å². The lowest BCUT2D eigenvalue weighted by Crippen LogP contribution is -2.10. The molecule has 0 fully saturated rings. The monoisotopic (exact) mass is 736 g/mol. The van der Waals surface area contributed by atoms with E-state index in [-0.39, 0.29) is 0 Å². The molecule has 10 heteroatoms. The maximum atomic E-state index is 13.8. The van der Waals surface area contributed by atoms with Crippen LogP contribution in [0.1, 0.15) is 33.4 Å². The van der Waals surface area contributed by atoms with Crippen LogP contribution >= 0.6 is 15.6 Å². The Morgan fingerprint density at radius 3 is 0.827 bits per heavy atom. The van der Waals surface area contributed by atoms with E-state index in [9.17, 15) is 9.13 Å². The van der Waals surface area contributed by atoms with Gasteiger partial charge < -0.3 is 27.1 Å². The molecule has 8 nitrogen and oxygen atoms in total. The summed E-state index contributed by atoms with van der Waals surface area (Å²) in [6.07, 6.45) is 0. The minimum atomic E-state index is -4.03. The predicted molar refractivity (Wildman–Crippen MR) is 206 cm³/mol. The van der Waals surface area contributed by atoms with Gasteiger partial charge in [-0.25, -0.2) is 0 Å². The smallest absolute Gasteiger partial charge is 0.386 e. The first-order valence-electron chi connectivity index (χ1n) is 16.6. The summed E-state index contributed by atoms with van der Waals surface area (Å²) in [6, 6.07) is 43.2. The molecule has 0 unspecified atom stereocenters. The maximum absolute atomic E-state index is 13.8. The van der Waals surface area contributed by atoms with Crippen molar-refractivity contribution in [3.05, 3.63) is 179 Å². The van der Waals surface area contributed by atoms with Crippen LogP contribution in [0.2, 0.25) is 0 Å². The van der Waals surface area contributed by atoms with Gasteiger partial charge in [0.05, 0.1) is 0 Å². The fraction of sp³-hybridized carbons (Fsp3) is 0.143. The molecule has 6 aromatic rings. The summed E-state index contributed by atoms with van der Waals surface area (Å²) in [6.45, 7) is 11.7. The quantitative estimate of drug-likeness (QED) is 0.115. The first-order chi connectivity index (χ1) is 24.9. The summed E-state index contributed by atoms with van der Waals surface area (Å²) in [4.78, 5) is 0. The molecule has 0 aliphatic carbocycles. The average molecular weight is 737 g/mol. The molecule has 0 spiro atoms. The highest BCUT2D eigenvalue weighted by molar-refractivity contribution is 7.50. The van der Waals surface area contributed by atoms with Crippen LogP contribution in [0.4, 0.5) is 0 Å². The fourth-order valence-corrected chi connectivity index (χ4v) is 7.45. The maximum Gasteiger partial charge on any atom is 0.647 e. The highest BCUT2D eigenvalue weighted by Crippen LogP contribution is 2.52. The molecule has 0 aromatic heterocycles. The minimum absolute atomic E-state index is 0.405. The summed E-state index contributed by atoms with van der Waals surface area (Å²) < 4.78 is 61.2. The molecule has 268 valence electrons. The van der Waals surface area contributed by atoms with Crippen molar-refractivity contribution in [3.63, 3.8) is 0 Å². The number of benzene rings is 6. The van der Waals surface area contributed by atoms with E-state index < -0.39 is 15.6 Å². The Kier molecular flexibility index (Phi) is 12.5. The Labute approximate surface area is 306 Å². The first kappa shape index (κ1) is 37.8. The molecule has 0 N–H and O–H groups in total. The Balaban J connectivity index is 0.000000206. The third-order valence-electron chi connectivity index (χ3n) is 8.18. The van der Waals surface area contributed by atoms with E-state index >= 15 is 0 Å². The van der Waals surface area contributed by atoms with Crippen LogP contribution in [0.25, 0.3) is 0 Å². The number of aryl methyl sites for hydroxylation is 3. The van der Waals surface area contributed by atoms with Crippen LogP contribution in [-0.4, -0.2) is 0 Å². The van der Waals surface area contributed by atoms with Gasteiger partial charge in [-0.15, -0.1) is 0 Å². The van der Waals surface area contributed by atoms with Gasteiger partial charge in [0.15, 0.2) is 0 Å². The van der Waals surface area contributed by atoms with Gasteiger partial charge in [-0.1, -0.05) is 91.0 Å². The largest absolute Gasteiger partial charge is 0.647 e. The summed E-state index contributed by atoms with van der Waals surface area (Å²) in [5.41, 5.74) is 5.78. The van der Waals surface area contributed by atoms with E-state index in [1.165, 1.54) is 0 Å². The number of hydrogen-bond donors (Lipinski definition) is 0. The lowest BCUT2D eigenvalue weighted by molar-refractivity contribution is 0.295. The second-order valence-electron chi connectivity index (χ2n) is 12.0. The van der Waals surface area contributed by atoms with Gasteiger partial charge in [-0.3, -0.25) is 0 Å². The number of para-hydroxylation sites is 3. The molecule has 0 heterocycles. The van der Waals surface area contributed by atoms with Crippen LogP contribution in [0.15, 0.2) is 146 Å². The highest BCUT2D eigenvalue weighted by Gasteiger charge is 2.35. The van der Waals surface area contributed by atoms with Crippen molar-refractivity contribution in [1.82, 2.24) is 0 Å². The molecular weight excluding hydrogens is 694 g/mol. The molecule has 0 atom stereocenters.